The predicted molar refractivity (Wildman–Crippen MR) is 94.4 cm³/mol. The van der Waals surface area contributed by atoms with E-state index >= 15 is 0 Å². The fourth-order valence-corrected chi connectivity index (χ4v) is 4.37. The molecule has 0 fully saturated rings. The summed E-state index contributed by atoms with van der Waals surface area (Å²) in [6, 6.07) is 11.5. The molecule has 0 spiro atoms. The van der Waals surface area contributed by atoms with Gasteiger partial charge in [-0.1, -0.05) is 29.8 Å². The van der Waals surface area contributed by atoms with Crippen molar-refractivity contribution in [2.24, 2.45) is 0 Å². The number of ether oxygens (including phenoxy) is 2. The Kier molecular flexibility index (Phi) is 4.29. The van der Waals surface area contributed by atoms with Gasteiger partial charge in [0.15, 0.2) is 11.5 Å². The summed E-state index contributed by atoms with van der Waals surface area (Å²) in [5.41, 5.74) is 1.66. The van der Waals surface area contributed by atoms with E-state index in [1.54, 1.807) is 12.1 Å². The van der Waals surface area contributed by atoms with Crippen LogP contribution in [0, 0.1) is 0 Å². The van der Waals surface area contributed by atoms with Crippen LogP contribution in [-0.4, -0.2) is 24.9 Å². The monoisotopic (exact) mass is 361 g/mol. The molecule has 2 aromatic carbocycles. The molecule has 2 aliphatic heterocycles. The molecule has 2 aromatic rings. The highest BCUT2D eigenvalue weighted by atomic mass is 35.5. The molecular formula is C18H16ClNO3S. The second-order valence-electron chi connectivity index (χ2n) is 5.68. The number of hydrogen-bond donors (Lipinski definition) is 1. The van der Waals surface area contributed by atoms with E-state index in [0.717, 1.165) is 12.2 Å². The van der Waals surface area contributed by atoms with Crippen molar-refractivity contribution >= 4 is 29.3 Å². The largest absolute Gasteiger partial charge is 0.486 e. The van der Waals surface area contributed by atoms with Gasteiger partial charge in [-0.3, -0.25) is 4.79 Å². The zero-order chi connectivity index (χ0) is 16.5. The molecule has 6 heteroatoms. The lowest BCUT2D eigenvalue weighted by Gasteiger charge is -2.26. The molecule has 1 atom stereocenters. The number of rotatable bonds is 2. The maximum Gasteiger partial charge on any atom is 0.251 e. The maximum absolute atomic E-state index is 12.7. The molecule has 0 saturated carbocycles. The van der Waals surface area contributed by atoms with Crippen molar-refractivity contribution in [3.05, 3.63) is 52.5 Å². The van der Waals surface area contributed by atoms with E-state index < -0.39 is 0 Å². The third-order valence-electron chi connectivity index (χ3n) is 4.12. The number of hydrogen-bond acceptors (Lipinski definition) is 4. The number of halogens is 1. The Morgan fingerprint density at radius 2 is 2.04 bits per heavy atom. The number of thioether (sulfide) groups is 1. The number of nitrogens with one attached hydrogen (secondary N) is 1. The fourth-order valence-electron chi connectivity index (χ4n) is 2.98. The van der Waals surface area contributed by atoms with Crippen molar-refractivity contribution in [2.45, 2.75) is 17.4 Å². The predicted octanol–water partition coefficient (Wildman–Crippen LogP) is 4.08. The minimum Gasteiger partial charge on any atom is -0.486 e. The molecule has 1 amide bonds. The first-order chi connectivity index (χ1) is 11.7. The molecule has 0 unspecified atom stereocenters. The van der Waals surface area contributed by atoms with E-state index in [2.05, 4.69) is 17.4 Å². The third kappa shape index (κ3) is 2.94. The second-order valence-corrected chi connectivity index (χ2v) is 7.23. The lowest BCUT2D eigenvalue weighted by Crippen LogP contribution is -2.30. The first-order valence-corrected chi connectivity index (χ1v) is 9.20. The summed E-state index contributed by atoms with van der Waals surface area (Å²) in [6.07, 6.45) is 0.908. The summed E-state index contributed by atoms with van der Waals surface area (Å²) < 4.78 is 11.0. The van der Waals surface area contributed by atoms with Gasteiger partial charge in [-0.2, -0.15) is 0 Å². The second kappa shape index (κ2) is 6.57. The number of carbonyl (C=O) groups is 1. The van der Waals surface area contributed by atoms with Crippen LogP contribution in [0.2, 0.25) is 5.02 Å². The average Bonchev–Trinajstić information content (AvgIpc) is 2.62. The Bertz CT molecular complexity index is 796. The normalized spacial score (nSPS) is 18.6. The third-order valence-corrected chi connectivity index (χ3v) is 5.53. The van der Waals surface area contributed by atoms with Crippen LogP contribution in [0.3, 0.4) is 0 Å². The molecule has 0 radical (unpaired) electrons. The Hall–Kier alpha value is -1.85. The molecular weight excluding hydrogens is 346 g/mol. The molecule has 0 aliphatic carbocycles. The van der Waals surface area contributed by atoms with Gasteiger partial charge in [-0.05, 0) is 30.2 Å². The van der Waals surface area contributed by atoms with Gasteiger partial charge in [0.2, 0.25) is 0 Å². The average molecular weight is 362 g/mol. The van der Waals surface area contributed by atoms with Crippen LogP contribution in [0.25, 0.3) is 0 Å². The van der Waals surface area contributed by atoms with Crippen molar-refractivity contribution in [2.75, 3.05) is 19.0 Å². The molecule has 2 heterocycles. The lowest BCUT2D eigenvalue weighted by molar-refractivity contribution is 0.0933. The van der Waals surface area contributed by atoms with E-state index in [1.807, 2.05) is 23.9 Å². The summed E-state index contributed by atoms with van der Waals surface area (Å²) in [4.78, 5) is 13.9. The van der Waals surface area contributed by atoms with Crippen molar-refractivity contribution in [3.8, 4) is 11.5 Å². The van der Waals surface area contributed by atoms with Gasteiger partial charge in [-0.15, -0.1) is 11.8 Å². The molecule has 0 bridgehead atoms. The zero-order valence-corrected chi connectivity index (χ0v) is 14.5. The molecule has 0 saturated heterocycles. The first kappa shape index (κ1) is 15.7. The smallest absolute Gasteiger partial charge is 0.251 e. The van der Waals surface area contributed by atoms with E-state index in [9.17, 15) is 4.79 Å². The summed E-state index contributed by atoms with van der Waals surface area (Å²) >= 11 is 8.05. The van der Waals surface area contributed by atoms with E-state index in [1.165, 1.54) is 10.5 Å². The molecule has 4 rings (SSSR count). The number of benzene rings is 2. The molecule has 1 N–H and O–H groups in total. The van der Waals surface area contributed by atoms with Gasteiger partial charge in [0.05, 0.1) is 11.1 Å². The molecule has 124 valence electrons. The fraction of sp³-hybridized carbons (Fsp3) is 0.278. The van der Waals surface area contributed by atoms with Crippen molar-refractivity contribution in [1.29, 1.82) is 0 Å². The van der Waals surface area contributed by atoms with Crippen molar-refractivity contribution < 1.29 is 14.3 Å². The summed E-state index contributed by atoms with van der Waals surface area (Å²) in [5, 5.41) is 3.52. The Morgan fingerprint density at radius 1 is 1.21 bits per heavy atom. The van der Waals surface area contributed by atoms with Gasteiger partial charge in [-0.25, -0.2) is 0 Å². The highest BCUT2D eigenvalue weighted by Gasteiger charge is 2.24. The highest BCUT2D eigenvalue weighted by Crippen LogP contribution is 2.39. The van der Waals surface area contributed by atoms with Crippen molar-refractivity contribution in [3.63, 3.8) is 0 Å². The van der Waals surface area contributed by atoms with E-state index in [4.69, 9.17) is 21.1 Å². The number of carbonyl (C=O) groups excluding carboxylic acids is 1. The Labute approximate surface area is 149 Å². The molecule has 24 heavy (non-hydrogen) atoms. The Balaban J connectivity index is 1.58. The van der Waals surface area contributed by atoms with Gasteiger partial charge in [0, 0.05) is 16.2 Å². The van der Waals surface area contributed by atoms with E-state index in [0.29, 0.717) is 35.3 Å². The van der Waals surface area contributed by atoms with Crippen LogP contribution in [-0.2, 0) is 0 Å². The molecule has 4 nitrogen and oxygen atoms in total. The van der Waals surface area contributed by atoms with Gasteiger partial charge < -0.3 is 14.8 Å². The summed E-state index contributed by atoms with van der Waals surface area (Å²) in [6.45, 7) is 0.927. The maximum atomic E-state index is 12.7. The molecule has 2 aliphatic rings. The van der Waals surface area contributed by atoms with Crippen LogP contribution in [0.5, 0.6) is 11.5 Å². The van der Waals surface area contributed by atoms with Crippen LogP contribution < -0.4 is 14.8 Å². The topological polar surface area (TPSA) is 47.6 Å². The van der Waals surface area contributed by atoms with Crippen LogP contribution in [0.1, 0.15) is 28.4 Å². The standard InChI is InChI=1S/C18H16ClNO3S/c19-13-9-11(10-15-17(13)23-7-6-22-15)18(21)20-14-5-8-24-16-4-2-1-3-12(14)16/h1-4,9-10,14H,5-8H2,(H,20,21)/t14-/m0/s1. The minimum absolute atomic E-state index is 0.0157. The highest BCUT2D eigenvalue weighted by molar-refractivity contribution is 7.99. The van der Waals surface area contributed by atoms with Gasteiger partial charge in [0.1, 0.15) is 13.2 Å². The van der Waals surface area contributed by atoms with Crippen LogP contribution in [0.15, 0.2) is 41.3 Å². The lowest BCUT2D eigenvalue weighted by atomic mass is 10.0. The Morgan fingerprint density at radius 3 is 2.96 bits per heavy atom. The summed E-state index contributed by atoms with van der Waals surface area (Å²) in [7, 11) is 0. The zero-order valence-electron chi connectivity index (χ0n) is 12.9. The van der Waals surface area contributed by atoms with Crippen LogP contribution in [0.4, 0.5) is 0 Å². The number of amides is 1. The van der Waals surface area contributed by atoms with Crippen LogP contribution >= 0.6 is 23.4 Å². The first-order valence-electron chi connectivity index (χ1n) is 7.84. The van der Waals surface area contributed by atoms with Gasteiger partial charge in [0.25, 0.3) is 5.91 Å². The molecule has 0 aromatic heterocycles. The quantitative estimate of drug-likeness (QED) is 0.875. The number of fused-ring (bicyclic) bond motifs is 2. The summed E-state index contributed by atoms with van der Waals surface area (Å²) in [5.74, 6) is 1.88. The van der Waals surface area contributed by atoms with Crippen molar-refractivity contribution in [1.82, 2.24) is 5.32 Å². The minimum atomic E-state index is -0.152. The SMILES string of the molecule is O=C(N[C@H]1CCSc2ccccc21)c1cc(Cl)c2c(c1)OCCO2. The van der Waals surface area contributed by atoms with E-state index in [-0.39, 0.29) is 11.9 Å². The van der Waals surface area contributed by atoms with Gasteiger partial charge >= 0.3 is 0 Å².